The third-order valence-corrected chi connectivity index (χ3v) is 3.09. The van der Waals surface area contributed by atoms with E-state index >= 15 is 0 Å². The number of nitrogens with zero attached hydrogens (tertiary/aromatic N) is 2. The average molecular weight is 246 g/mol. The molecule has 0 saturated carbocycles. The minimum Gasteiger partial charge on any atom is -0.386 e. The van der Waals surface area contributed by atoms with Gasteiger partial charge in [0, 0.05) is 13.7 Å². The Morgan fingerprint density at radius 3 is 2.72 bits per heavy atom. The van der Waals surface area contributed by atoms with E-state index in [2.05, 4.69) is 9.97 Å². The summed E-state index contributed by atoms with van der Waals surface area (Å²) in [4.78, 5) is 8.76. The molecule has 4 heteroatoms. The van der Waals surface area contributed by atoms with Crippen LogP contribution in [0.25, 0.3) is 11.0 Å². The number of aliphatic hydroxyl groups is 1. The second-order valence-corrected chi connectivity index (χ2v) is 4.49. The summed E-state index contributed by atoms with van der Waals surface area (Å²) in [6.45, 7) is 2.62. The maximum Gasteiger partial charge on any atom is 0.100 e. The van der Waals surface area contributed by atoms with Crippen molar-refractivity contribution in [2.45, 2.75) is 19.4 Å². The Bertz CT molecular complexity index is 516. The van der Waals surface area contributed by atoms with Crippen LogP contribution in [0.2, 0.25) is 0 Å². The van der Waals surface area contributed by atoms with Crippen molar-refractivity contribution >= 4 is 11.0 Å². The van der Waals surface area contributed by atoms with Gasteiger partial charge in [-0.15, -0.1) is 0 Å². The fourth-order valence-corrected chi connectivity index (χ4v) is 1.87. The highest BCUT2D eigenvalue weighted by Crippen LogP contribution is 2.23. The molecule has 0 saturated heterocycles. The van der Waals surface area contributed by atoms with E-state index in [1.54, 1.807) is 13.3 Å². The number of benzene rings is 1. The lowest BCUT2D eigenvalue weighted by atomic mass is 9.99. The number of ether oxygens (including phenoxy) is 1. The van der Waals surface area contributed by atoms with Gasteiger partial charge in [0.15, 0.2) is 0 Å². The Labute approximate surface area is 107 Å². The van der Waals surface area contributed by atoms with Gasteiger partial charge in [-0.3, -0.25) is 4.98 Å². The van der Waals surface area contributed by atoms with Crippen LogP contribution >= 0.6 is 0 Å². The summed E-state index contributed by atoms with van der Waals surface area (Å²) in [5, 5.41) is 10.2. The Balaban J connectivity index is 2.19. The van der Waals surface area contributed by atoms with Crippen molar-refractivity contribution < 1.29 is 9.84 Å². The molecule has 0 aliphatic rings. The van der Waals surface area contributed by atoms with Crippen LogP contribution in [-0.4, -0.2) is 28.8 Å². The average Bonchev–Trinajstić information content (AvgIpc) is 2.43. The summed E-state index contributed by atoms with van der Waals surface area (Å²) < 4.78 is 5.02. The molecule has 0 aliphatic carbocycles. The topological polar surface area (TPSA) is 55.2 Å². The van der Waals surface area contributed by atoms with Crippen LogP contribution in [0, 0.1) is 5.92 Å². The van der Waals surface area contributed by atoms with E-state index in [0.717, 1.165) is 17.5 Å². The monoisotopic (exact) mass is 246 g/mol. The summed E-state index contributed by atoms with van der Waals surface area (Å²) in [6.07, 6.45) is 1.85. The SMILES string of the molecule is COCCC(C)C(O)c1cnc2ccccc2n1. The summed E-state index contributed by atoms with van der Waals surface area (Å²) >= 11 is 0. The molecule has 4 nitrogen and oxygen atoms in total. The van der Waals surface area contributed by atoms with Crippen LogP contribution in [0.15, 0.2) is 30.5 Å². The van der Waals surface area contributed by atoms with Gasteiger partial charge in [-0.25, -0.2) is 4.98 Å². The predicted molar refractivity (Wildman–Crippen MR) is 70.2 cm³/mol. The van der Waals surface area contributed by atoms with Gasteiger partial charge in [-0.05, 0) is 24.5 Å². The first kappa shape index (κ1) is 12.9. The van der Waals surface area contributed by atoms with Gasteiger partial charge in [0.25, 0.3) is 0 Å². The number of aromatic nitrogens is 2. The number of hydrogen-bond acceptors (Lipinski definition) is 4. The molecule has 1 aromatic carbocycles. The van der Waals surface area contributed by atoms with E-state index in [-0.39, 0.29) is 5.92 Å². The summed E-state index contributed by atoms with van der Waals surface area (Å²) in [6, 6.07) is 7.65. The highest BCUT2D eigenvalue weighted by atomic mass is 16.5. The molecule has 0 radical (unpaired) electrons. The summed E-state index contributed by atoms with van der Waals surface area (Å²) in [5.74, 6) is 0.0976. The van der Waals surface area contributed by atoms with Crippen LogP contribution in [0.5, 0.6) is 0 Å². The first-order chi connectivity index (χ1) is 8.72. The fraction of sp³-hybridized carbons (Fsp3) is 0.429. The zero-order valence-corrected chi connectivity index (χ0v) is 10.7. The molecule has 1 N–H and O–H groups in total. The number of hydrogen-bond donors (Lipinski definition) is 1. The molecule has 96 valence electrons. The maximum atomic E-state index is 10.2. The summed E-state index contributed by atoms with van der Waals surface area (Å²) in [5.41, 5.74) is 2.28. The molecule has 0 fully saturated rings. The van der Waals surface area contributed by atoms with Crippen molar-refractivity contribution in [3.05, 3.63) is 36.2 Å². The van der Waals surface area contributed by atoms with Gasteiger partial charge in [0.2, 0.25) is 0 Å². The number of para-hydroxylation sites is 2. The van der Waals surface area contributed by atoms with Crippen molar-refractivity contribution in [1.82, 2.24) is 9.97 Å². The molecular formula is C14H18N2O2. The number of fused-ring (bicyclic) bond motifs is 1. The normalized spacial score (nSPS) is 14.6. The van der Waals surface area contributed by atoms with E-state index in [9.17, 15) is 5.11 Å². The highest BCUT2D eigenvalue weighted by molar-refractivity contribution is 5.73. The van der Waals surface area contributed by atoms with E-state index < -0.39 is 6.10 Å². The Morgan fingerprint density at radius 1 is 1.28 bits per heavy atom. The number of aliphatic hydroxyl groups excluding tert-OH is 1. The van der Waals surface area contributed by atoms with Crippen molar-refractivity contribution in [1.29, 1.82) is 0 Å². The number of rotatable bonds is 5. The van der Waals surface area contributed by atoms with E-state index in [1.807, 2.05) is 31.2 Å². The minimum absolute atomic E-state index is 0.0976. The zero-order valence-electron chi connectivity index (χ0n) is 10.7. The van der Waals surface area contributed by atoms with Crippen LogP contribution in [0.4, 0.5) is 0 Å². The Hall–Kier alpha value is -1.52. The minimum atomic E-state index is -0.600. The van der Waals surface area contributed by atoms with Crippen molar-refractivity contribution in [3.63, 3.8) is 0 Å². The lowest BCUT2D eigenvalue weighted by Gasteiger charge is -2.17. The molecule has 0 aliphatic heterocycles. The smallest absolute Gasteiger partial charge is 0.100 e. The van der Waals surface area contributed by atoms with Gasteiger partial charge in [-0.1, -0.05) is 19.1 Å². The van der Waals surface area contributed by atoms with Crippen LogP contribution in [0.3, 0.4) is 0 Å². The van der Waals surface area contributed by atoms with Crippen molar-refractivity contribution in [3.8, 4) is 0 Å². The zero-order chi connectivity index (χ0) is 13.0. The summed E-state index contributed by atoms with van der Waals surface area (Å²) in [7, 11) is 1.66. The second-order valence-electron chi connectivity index (χ2n) is 4.49. The molecule has 18 heavy (non-hydrogen) atoms. The Morgan fingerprint density at radius 2 is 2.00 bits per heavy atom. The van der Waals surface area contributed by atoms with Crippen LogP contribution < -0.4 is 0 Å². The van der Waals surface area contributed by atoms with Gasteiger partial charge >= 0.3 is 0 Å². The molecule has 2 unspecified atom stereocenters. The molecule has 2 atom stereocenters. The number of methoxy groups -OCH3 is 1. The first-order valence-electron chi connectivity index (χ1n) is 6.11. The molecule has 1 aromatic heterocycles. The lowest BCUT2D eigenvalue weighted by Crippen LogP contribution is -2.13. The molecule has 2 aromatic rings. The van der Waals surface area contributed by atoms with E-state index in [0.29, 0.717) is 12.3 Å². The van der Waals surface area contributed by atoms with Gasteiger partial charge in [-0.2, -0.15) is 0 Å². The second kappa shape index (κ2) is 5.89. The largest absolute Gasteiger partial charge is 0.386 e. The molecular weight excluding hydrogens is 228 g/mol. The fourth-order valence-electron chi connectivity index (χ4n) is 1.87. The van der Waals surface area contributed by atoms with Crippen molar-refractivity contribution in [2.75, 3.05) is 13.7 Å². The van der Waals surface area contributed by atoms with Gasteiger partial charge in [0.05, 0.1) is 22.9 Å². The van der Waals surface area contributed by atoms with Gasteiger partial charge < -0.3 is 9.84 Å². The Kier molecular flexibility index (Phi) is 4.23. The van der Waals surface area contributed by atoms with Crippen molar-refractivity contribution in [2.24, 2.45) is 5.92 Å². The first-order valence-corrected chi connectivity index (χ1v) is 6.11. The third kappa shape index (κ3) is 2.83. The quantitative estimate of drug-likeness (QED) is 0.879. The van der Waals surface area contributed by atoms with E-state index in [1.165, 1.54) is 0 Å². The molecule has 1 heterocycles. The van der Waals surface area contributed by atoms with Gasteiger partial charge in [0.1, 0.15) is 6.10 Å². The molecule has 0 spiro atoms. The van der Waals surface area contributed by atoms with Crippen LogP contribution in [-0.2, 0) is 4.74 Å². The molecule has 2 rings (SSSR count). The molecule has 0 bridgehead atoms. The predicted octanol–water partition coefficient (Wildman–Crippen LogP) is 2.34. The lowest BCUT2D eigenvalue weighted by molar-refractivity contribution is 0.0855. The maximum absolute atomic E-state index is 10.2. The van der Waals surface area contributed by atoms with Crippen LogP contribution in [0.1, 0.15) is 25.1 Å². The third-order valence-electron chi connectivity index (χ3n) is 3.09. The standard InChI is InChI=1S/C14H18N2O2/c1-10(7-8-18-2)14(17)13-9-15-11-5-3-4-6-12(11)16-13/h3-6,9-10,14,17H,7-8H2,1-2H3. The highest BCUT2D eigenvalue weighted by Gasteiger charge is 2.18. The molecule has 0 amide bonds. The van der Waals surface area contributed by atoms with E-state index in [4.69, 9.17) is 4.74 Å².